The van der Waals surface area contributed by atoms with Crippen LogP contribution in [0.2, 0.25) is 5.28 Å². The number of aliphatic hydroxyl groups is 1. The molecule has 14 heavy (non-hydrogen) atoms. The minimum Gasteiger partial charge on any atom is -0.396 e. The highest BCUT2D eigenvalue weighted by atomic mass is 35.5. The Morgan fingerprint density at radius 2 is 2.21 bits per heavy atom. The second-order valence-corrected chi connectivity index (χ2v) is 3.29. The maximum atomic E-state index is 8.78. The van der Waals surface area contributed by atoms with Crippen molar-refractivity contribution in [3.63, 3.8) is 0 Å². The Morgan fingerprint density at radius 1 is 1.50 bits per heavy atom. The molecule has 0 saturated carbocycles. The Balaban J connectivity index is 2.58. The number of aliphatic hydroxyl groups excluding tert-OH is 1. The van der Waals surface area contributed by atoms with E-state index >= 15 is 0 Å². The first-order valence-corrected chi connectivity index (χ1v) is 4.51. The molecular weight excluding hydrogens is 206 g/mol. The van der Waals surface area contributed by atoms with E-state index in [0.717, 1.165) is 0 Å². The van der Waals surface area contributed by atoms with Crippen molar-refractivity contribution in [3.8, 4) is 0 Å². The predicted octanol–water partition coefficient (Wildman–Crippen LogP) is 0.147. The SMILES string of the molecule is CC(CO)CNc1nc(N)nc(Cl)n1. The highest BCUT2D eigenvalue weighted by Gasteiger charge is 2.04. The predicted molar refractivity (Wildman–Crippen MR) is 54.0 cm³/mol. The molecule has 0 radical (unpaired) electrons. The number of nitrogens with two attached hydrogens (primary N) is 1. The average molecular weight is 218 g/mol. The van der Waals surface area contributed by atoms with Gasteiger partial charge in [-0.15, -0.1) is 0 Å². The molecule has 78 valence electrons. The minimum absolute atomic E-state index is 0.0525. The van der Waals surface area contributed by atoms with Gasteiger partial charge in [-0.25, -0.2) is 0 Å². The maximum Gasteiger partial charge on any atom is 0.228 e. The van der Waals surface area contributed by atoms with Crippen molar-refractivity contribution >= 4 is 23.5 Å². The smallest absolute Gasteiger partial charge is 0.228 e. The van der Waals surface area contributed by atoms with Crippen molar-refractivity contribution in [2.45, 2.75) is 6.92 Å². The largest absolute Gasteiger partial charge is 0.396 e. The number of hydrogen-bond donors (Lipinski definition) is 3. The molecule has 1 aromatic rings. The van der Waals surface area contributed by atoms with Crippen molar-refractivity contribution in [3.05, 3.63) is 5.28 Å². The number of halogens is 1. The quantitative estimate of drug-likeness (QED) is 0.664. The summed E-state index contributed by atoms with van der Waals surface area (Å²) < 4.78 is 0. The summed E-state index contributed by atoms with van der Waals surface area (Å²) in [7, 11) is 0. The van der Waals surface area contributed by atoms with Crippen LogP contribution in [0.1, 0.15) is 6.92 Å². The van der Waals surface area contributed by atoms with Gasteiger partial charge in [0.25, 0.3) is 0 Å². The molecule has 1 heterocycles. The molecule has 0 aliphatic rings. The Morgan fingerprint density at radius 3 is 2.79 bits per heavy atom. The zero-order valence-electron chi connectivity index (χ0n) is 7.74. The van der Waals surface area contributed by atoms with Gasteiger partial charge in [-0.1, -0.05) is 6.92 Å². The fraction of sp³-hybridized carbons (Fsp3) is 0.571. The van der Waals surface area contributed by atoms with E-state index in [0.29, 0.717) is 12.5 Å². The van der Waals surface area contributed by atoms with E-state index in [-0.39, 0.29) is 23.8 Å². The van der Waals surface area contributed by atoms with Crippen molar-refractivity contribution in [1.29, 1.82) is 0 Å². The van der Waals surface area contributed by atoms with Gasteiger partial charge in [0, 0.05) is 13.2 Å². The molecule has 0 aromatic carbocycles. The zero-order chi connectivity index (χ0) is 10.6. The van der Waals surface area contributed by atoms with Crippen molar-refractivity contribution in [2.75, 3.05) is 24.2 Å². The minimum atomic E-state index is 0.0525. The van der Waals surface area contributed by atoms with Crippen LogP contribution in [0.3, 0.4) is 0 Å². The molecule has 0 saturated heterocycles. The molecule has 1 aromatic heterocycles. The number of nitrogen functional groups attached to an aromatic ring is 1. The van der Waals surface area contributed by atoms with E-state index in [1.165, 1.54) is 0 Å². The third-order valence-corrected chi connectivity index (χ3v) is 1.71. The highest BCUT2D eigenvalue weighted by molar-refractivity contribution is 6.28. The van der Waals surface area contributed by atoms with Crippen LogP contribution in [-0.4, -0.2) is 33.2 Å². The second kappa shape index (κ2) is 4.92. The van der Waals surface area contributed by atoms with Crippen LogP contribution in [0.4, 0.5) is 11.9 Å². The third kappa shape index (κ3) is 3.31. The fourth-order valence-corrected chi connectivity index (χ4v) is 0.941. The summed E-state index contributed by atoms with van der Waals surface area (Å²) in [6, 6.07) is 0. The summed E-state index contributed by atoms with van der Waals surface area (Å²) in [6.45, 7) is 2.54. The number of aromatic nitrogens is 3. The second-order valence-electron chi connectivity index (χ2n) is 2.95. The molecule has 4 N–H and O–H groups in total. The number of nitrogens with zero attached hydrogens (tertiary/aromatic N) is 3. The average Bonchev–Trinajstić information content (AvgIpc) is 2.12. The highest BCUT2D eigenvalue weighted by Crippen LogP contribution is 2.07. The summed E-state index contributed by atoms with van der Waals surface area (Å²) in [5, 5.41) is 11.7. The summed E-state index contributed by atoms with van der Waals surface area (Å²) in [5.41, 5.74) is 5.36. The van der Waals surface area contributed by atoms with Crippen LogP contribution in [0.25, 0.3) is 0 Å². The van der Waals surface area contributed by atoms with Gasteiger partial charge in [-0.2, -0.15) is 15.0 Å². The van der Waals surface area contributed by atoms with Crippen LogP contribution >= 0.6 is 11.6 Å². The summed E-state index contributed by atoms with van der Waals surface area (Å²) in [4.78, 5) is 11.2. The molecule has 1 atom stereocenters. The van der Waals surface area contributed by atoms with Crippen LogP contribution in [-0.2, 0) is 0 Å². The lowest BCUT2D eigenvalue weighted by Crippen LogP contribution is -2.16. The van der Waals surface area contributed by atoms with E-state index in [9.17, 15) is 0 Å². The van der Waals surface area contributed by atoms with Crippen molar-refractivity contribution < 1.29 is 5.11 Å². The number of anilines is 2. The molecule has 0 spiro atoms. The molecule has 0 aliphatic heterocycles. The summed E-state index contributed by atoms with van der Waals surface area (Å²) in [6.07, 6.45) is 0. The molecule has 0 bridgehead atoms. The summed E-state index contributed by atoms with van der Waals surface area (Å²) >= 11 is 5.57. The van der Waals surface area contributed by atoms with Crippen molar-refractivity contribution in [2.24, 2.45) is 5.92 Å². The molecule has 0 aliphatic carbocycles. The normalized spacial score (nSPS) is 12.5. The van der Waals surface area contributed by atoms with Crippen LogP contribution in [0, 0.1) is 5.92 Å². The Labute approximate surface area is 86.5 Å². The molecule has 1 unspecified atom stereocenters. The fourth-order valence-electron chi connectivity index (χ4n) is 0.775. The van der Waals surface area contributed by atoms with Gasteiger partial charge in [-0.05, 0) is 17.5 Å². The first-order valence-electron chi connectivity index (χ1n) is 4.13. The third-order valence-electron chi connectivity index (χ3n) is 1.55. The molecule has 1 rings (SSSR count). The first-order chi connectivity index (χ1) is 6.61. The van der Waals surface area contributed by atoms with E-state index in [1.54, 1.807) is 0 Å². The molecule has 6 nitrogen and oxygen atoms in total. The van der Waals surface area contributed by atoms with Crippen molar-refractivity contribution in [1.82, 2.24) is 15.0 Å². The van der Waals surface area contributed by atoms with Gasteiger partial charge in [0.1, 0.15) is 0 Å². The Kier molecular flexibility index (Phi) is 3.84. The topological polar surface area (TPSA) is 97.0 Å². The lowest BCUT2D eigenvalue weighted by molar-refractivity contribution is 0.244. The Bertz CT molecular complexity index is 288. The number of rotatable bonds is 4. The van der Waals surface area contributed by atoms with Gasteiger partial charge in [0.2, 0.25) is 17.2 Å². The van der Waals surface area contributed by atoms with Gasteiger partial charge in [0.05, 0.1) is 0 Å². The lowest BCUT2D eigenvalue weighted by atomic mass is 10.2. The van der Waals surface area contributed by atoms with Gasteiger partial charge < -0.3 is 16.2 Å². The standard InChI is InChI=1S/C7H12ClN5O/c1-4(3-14)2-10-7-12-5(8)11-6(9)13-7/h4,14H,2-3H2,1H3,(H3,9,10,11,12,13). The van der Waals surface area contributed by atoms with Crippen LogP contribution in [0.5, 0.6) is 0 Å². The molecule has 0 fully saturated rings. The van der Waals surface area contributed by atoms with Gasteiger partial charge in [-0.3, -0.25) is 0 Å². The molecule has 0 amide bonds. The monoisotopic (exact) mass is 217 g/mol. The first kappa shape index (κ1) is 10.9. The summed E-state index contributed by atoms with van der Waals surface area (Å²) in [5.74, 6) is 0.513. The van der Waals surface area contributed by atoms with Gasteiger partial charge in [0.15, 0.2) is 0 Å². The molecule has 7 heteroatoms. The van der Waals surface area contributed by atoms with E-state index in [2.05, 4.69) is 20.3 Å². The lowest BCUT2D eigenvalue weighted by Gasteiger charge is -2.09. The zero-order valence-corrected chi connectivity index (χ0v) is 8.49. The number of hydrogen-bond acceptors (Lipinski definition) is 6. The van der Waals surface area contributed by atoms with E-state index in [1.807, 2.05) is 6.92 Å². The van der Waals surface area contributed by atoms with Crippen LogP contribution in [0.15, 0.2) is 0 Å². The van der Waals surface area contributed by atoms with Gasteiger partial charge >= 0.3 is 0 Å². The number of nitrogens with one attached hydrogen (secondary N) is 1. The van der Waals surface area contributed by atoms with E-state index < -0.39 is 0 Å². The van der Waals surface area contributed by atoms with Crippen LogP contribution < -0.4 is 11.1 Å². The molecular formula is C7H12ClN5O. The van der Waals surface area contributed by atoms with E-state index in [4.69, 9.17) is 22.4 Å². The Hall–Kier alpha value is -1.14. The maximum absolute atomic E-state index is 8.78.